The van der Waals surface area contributed by atoms with Crippen LogP contribution in [-0.2, 0) is 27.4 Å². The molecule has 26 heavy (non-hydrogen) atoms. The van der Waals surface area contributed by atoms with Gasteiger partial charge < -0.3 is 9.29 Å². The fourth-order valence-corrected chi connectivity index (χ4v) is 2.19. The van der Waals surface area contributed by atoms with Crippen molar-refractivity contribution < 1.29 is 48.8 Å². The zero-order valence-electron chi connectivity index (χ0n) is 13.0. The number of aliphatic hydroxyl groups is 1. The van der Waals surface area contributed by atoms with Crippen LogP contribution in [0.4, 0.5) is 31.1 Å². The van der Waals surface area contributed by atoms with Crippen LogP contribution in [0.2, 0.25) is 0 Å². The Hall–Kier alpha value is -2.02. The molecule has 1 aliphatic rings. The third kappa shape index (κ3) is 6.71. The second-order valence-electron chi connectivity index (χ2n) is 5.16. The third-order valence-electron chi connectivity index (χ3n) is 2.94. The summed E-state index contributed by atoms with van der Waals surface area (Å²) in [5.41, 5.74) is 2.04. The molecule has 1 aromatic carbocycles. The number of aliphatic hydroxyl groups excluding tert-OH is 1. The average Bonchev–Trinajstić information content (AvgIpc) is 2.87. The summed E-state index contributed by atoms with van der Waals surface area (Å²) in [6.07, 6.45) is -15.5. The van der Waals surface area contributed by atoms with Crippen molar-refractivity contribution in [1.82, 2.24) is 4.90 Å². The van der Waals surface area contributed by atoms with Crippen LogP contribution in [0.1, 0.15) is 11.1 Å². The number of alkyl halides is 6. The van der Waals surface area contributed by atoms with Gasteiger partial charge in [-0.15, -0.1) is 0 Å². The Morgan fingerprint density at radius 1 is 1.08 bits per heavy atom. The van der Waals surface area contributed by atoms with E-state index < -0.39 is 34.7 Å². The normalized spacial score (nSPS) is 14.6. The van der Waals surface area contributed by atoms with Crippen LogP contribution >= 0.6 is 0 Å². The summed E-state index contributed by atoms with van der Waals surface area (Å²) >= 11 is 0. The average molecular weight is 409 g/mol. The molecule has 0 atom stereocenters. The summed E-state index contributed by atoms with van der Waals surface area (Å²) in [5.74, 6) is 0. The molecule has 0 fully saturated rings. The van der Waals surface area contributed by atoms with Gasteiger partial charge in [0.15, 0.2) is 0 Å². The van der Waals surface area contributed by atoms with Crippen molar-refractivity contribution in [3.8, 4) is 0 Å². The Bertz CT molecular complexity index is 707. The van der Waals surface area contributed by atoms with E-state index >= 15 is 0 Å². The first-order chi connectivity index (χ1) is 11.6. The Balaban J connectivity index is 0.000000294. The van der Waals surface area contributed by atoms with Gasteiger partial charge >= 0.3 is 28.6 Å². The highest BCUT2D eigenvalue weighted by Crippen LogP contribution is 2.32. The standard InChI is InChI=1S/C10H11NO4S.C3H2F6O/c1-16(13,14)15-10(12)11-6-8-4-2-3-5-9(8)7-11;4-2(5,6)1(10)3(7,8)9/h2-5H,6-7H2,1H3;1,10H. The predicted octanol–water partition coefficient (Wildman–Crippen LogP) is 2.57. The number of carbonyl (C=O) groups is 1. The lowest BCUT2D eigenvalue weighted by atomic mass is 10.1. The lowest BCUT2D eigenvalue weighted by Crippen LogP contribution is -2.41. The second kappa shape index (κ2) is 7.70. The van der Waals surface area contributed by atoms with Crippen LogP contribution in [0.15, 0.2) is 24.3 Å². The van der Waals surface area contributed by atoms with Crippen molar-refractivity contribution >= 4 is 16.2 Å². The van der Waals surface area contributed by atoms with Gasteiger partial charge in [0.05, 0.1) is 6.26 Å². The Labute approximate surface area is 144 Å². The highest BCUT2D eigenvalue weighted by atomic mass is 32.2. The molecule has 1 amide bonds. The van der Waals surface area contributed by atoms with E-state index in [1.54, 1.807) is 0 Å². The third-order valence-corrected chi connectivity index (χ3v) is 3.39. The van der Waals surface area contributed by atoms with Gasteiger partial charge in [-0.25, -0.2) is 4.79 Å². The quantitative estimate of drug-likeness (QED) is 0.570. The van der Waals surface area contributed by atoms with Crippen molar-refractivity contribution in [1.29, 1.82) is 0 Å². The molecule has 0 bridgehead atoms. The lowest BCUT2D eigenvalue weighted by Gasteiger charge is -2.16. The molecule has 2 rings (SSSR count). The Morgan fingerprint density at radius 3 is 1.73 bits per heavy atom. The van der Waals surface area contributed by atoms with Crippen molar-refractivity contribution in [2.75, 3.05) is 6.26 Å². The summed E-state index contributed by atoms with van der Waals surface area (Å²) < 4.78 is 91.8. The molecule has 0 aliphatic carbocycles. The van der Waals surface area contributed by atoms with Gasteiger partial charge in [-0.3, -0.25) is 4.90 Å². The largest absolute Gasteiger partial charge is 0.426 e. The molecule has 0 radical (unpaired) electrons. The van der Waals surface area contributed by atoms with Gasteiger partial charge in [0.25, 0.3) is 0 Å². The minimum atomic E-state index is -5.63. The number of halogens is 6. The Morgan fingerprint density at radius 2 is 1.46 bits per heavy atom. The summed E-state index contributed by atoms with van der Waals surface area (Å²) in [6.45, 7) is 0.787. The zero-order valence-corrected chi connectivity index (χ0v) is 13.8. The monoisotopic (exact) mass is 409 g/mol. The van der Waals surface area contributed by atoms with E-state index in [2.05, 4.69) is 4.18 Å². The molecule has 13 heteroatoms. The van der Waals surface area contributed by atoms with Crippen molar-refractivity contribution in [2.24, 2.45) is 0 Å². The topological polar surface area (TPSA) is 83.9 Å². The summed E-state index contributed by atoms with van der Waals surface area (Å²) in [6, 6.07) is 7.57. The van der Waals surface area contributed by atoms with E-state index in [9.17, 15) is 39.6 Å². The minimum Gasteiger partial charge on any atom is -0.377 e. The molecular weight excluding hydrogens is 396 g/mol. The SMILES string of the molecule is CS(=O)(=O)OC(=O)N1Cc2ccccc2C1.OC(C(F)(F)F)C(F)(F)F. The molecule has 0 aromatic heterocycles. The number of hydrogen-bond acceptors (Lipinski definition) is 5. The fourth-order valence-electron chi connectivity index (χ4n) is 1.83. The minimum absolute atomic E-state index is 0.393. The van der Waals surface area contributed by atoms with Crippen LogP contribution in [0.5, 0.6) is 0 Å². The van der Waals surface area contributed by atoms with Gasteiger partial charge in [0.2, 0.25) is 6.10 Å². The number of hydrogen-bond donors (Lipinski definition) is 1. The number of benzene rings is 1. The van der Waals surface area contributed by atoms with E-state index in [4.69, 9.17) is 5.11 Å². The van der Waals surface area contributed by atoms with Gasteiger partial charge in [-0.1, -0.05) is 24.3 Å². The van der Waals surface area contributed by atoms with E-state index in [1.165, 1.54) is 4.90 Å². The van der Waals surface area contributed by atoms with Gasteiger partial charge in [0, 0.05) is 13.1 Å². The smallest absolute Gasteiger partial charge is 0.377 e. The van der Waals surface area contributed by atoms with Crippen molar-refractivity contribution in [2.45, 2.75) is 31.5 Å². The van der Waals surface area contributed by atoms with E-state index in [0.29, 0.717) is 13.1 Å². The Kier molecular flexibility index (Phi) is 6.52. The molecule has 6 nitrogen and oxygen atoms in total. The number of rotatable bonds is 1. The molecule has 1 heterocycles. The van der Waals surface area contributed by atoms with Crippen LogP contribution in [0.3, 0.4) is 0 Å². The van der Waals surface area contributed by atoms with Gasteiger partial charge in [-0.05, 0) is 11.1 Å². The van der Waals surface area contributed by atoms with Crippen LogP contribution in [-0.4, -0.2) is 49.2 Å². The number of fused-ring (bicyclic) bond motifs is 1. The molecule has 1 aliphatic heterocycles. The van der Waals surface area contributed by atoms with E-state index in [0.717, 1.165) is 17.4 Å². The highest BCUT2D eigenvalue weighted by molar-refractivity contribution is 7.86. The van der Waals surface area contributed by atoms with Crippen molar-refractivity contribution in [3.63, 3.8) is 0 Å². The molecule has 0 saturated heterocycles. The maximum absolute atomic E-state index is 11.5. The molecule has 0 saturated carbocycles. The summed E-state index contributed by atoms with van der Waals surface area (Å²) in [5, 5.41) is 7.47. The highest BCUT2D eigenvalue weighted by Gasteiger charge is 2.55. The zero-order chi connectivity index (χ0) is 20.3. The first-order valence-electron chi connectivity index (χ1n) is 6.68. The predicted molar refractivity (Wildman–Crippen MR) is 75.1 cm³/mol. The number of amides is 1. The molecule has 148 valence electrons. The fraction of sp³-hybridized carbons (Fsp3) is 0.462. The molecular formula is C13H13F6NO5S. The van der Waals surface area contributed by atoms with E-state index in [-0.39, 0.29) is 0 Å². The van der Waals surface area contributed by atoms with Gasteiger partial charge in [0.1, 0.15) is 0 Å². The first-order valence-corrected chi connectivity index (χ1v) is 8.49. The van der Waals surface area contributed by atoms with E-state index in [1.807, 2.05) is 24.3 Å². The number of carbonyl (C=O) groups excluding carboxylic acids is 1. The number of nitrogens with zero attached hydrogens (tertiary/aromatic N) is 1. The molecule has 1 aromatic rings. The molecule has 1 N–H and O–H groups in total. The first kappa shape index (κ1) is 22.0. The summed E-state index contributed by atoms with van der Waals surface area (Å²) in [7, 11) is -3.74. The van der Waals surface area contributed by atoms with Crippen LogP contribution in [0, 0.1) is 0 Å². The van der Waals surface area contributed by atoms with Crippen LogP contribution < -0.4 is 0 Å². The second-order valence-corrected chi connectivity index (χ2v) is 6.74. The maximum Gasteiger partial charge on any atom is 0.426 e. The van der Waals surface area contributed by atoms with Crippen LogP contribution in [0.25, 0.3) is 0 Å². The maximum atomic E-state index is 11.5. The lowest BCUT2D eigenvalue weighted by molar-refractivity contribution is -0.308. The van der Waals surface area contributed by atoms with Crippen molar-refractivity contribution in [3.05, 3.63) is 35.4 Å². The molecule has 0 unspecified atom stereocenters. The molecule has 0 spiro atoms. The van der Waals surface area contributed by atoms with Gasteiger partial charge in [-0.2, -0.15) is 34.8 Å². The summed E-state index contributed by atoms with van der Waals surface area (Å²) in [4.78, 5) is 12.8.